The maximum atomic E-state index is 12.9. The van der Waals surface area contributed by atoms with E-state index in [0.29, 0.717) is 30.3 Å². The molecule has 2 aliphatic carbocycles. The molecule has 6 nitrogen and oxygen atoms in total. The monoisotopic (exact) mass is 443 g/mol. The molecule has 6 rings (SSSR count). The number of aromatic nitrogens is 1. The summed E-state index contributed by atoms with van der Waals surface area (Å²) in [6.07, 6.45) is 3.59. The Hall–Kier alpha value is -3.32. The van der Waals surface area contributed by atoms with Gasteiger partial charge in [0.25, 0.3) is 0 Å². The van der Waals surface area contributed by atoms with Gasteiger partial charge in [0.2, 0.25) is 11.8 Å². The number of anilines is 2. The van der Waals surface area contributed by atoms with Crippen LogP contribution in [0.2, 0.25) is 0 Å². The van der Waals surface area contributed by atoms with Crippen molar-refractivity contribution in [3.05, 3.63) is 71.4 Å². The van der Waals surface area contributed by atoms with Gasteiger partial charge in [0.1, 0.15) is 17.3 Å². The van der Waals surface area contributed by atoms with E-state index in [0.717, 1.165) is 28.3 Å². The topological polar surface area (TPSA) is 80.3 Å². The summed E-state index contributed by atoms with van der Waals surface area (Å²) in [5.74, 6) is 2.60. The third kappa shape index (κ3) is 3.24. The molecule has 2 amide bonds. The van der Waals surface area contributed by atoms with E-state index in [-0.39, 0.29) is 23.7 Å². The first-order valence-electron chi connectivity index (χ1n) is 10.8. The van der Waals surface area contributed by atoms with E-state index in [1.807, 2.05) is 36.4 Å². The van der Waals surface area contributed by atoms with Gasteiger partial charge in [-0.25, -0.2) is 4.98 Å². The number of pyridine rings is 1. The minimum Gasteiger partial charge on any atom is -0.457 e. The van der Waals surface area contributed by atoms with Crippen molar-refractivity contribution in [2.24, 2.45) is 11.8 Å². The van der Waals surface area contributed by atoms with Crippen molar-refractivity contribution in [2.45, 2.75) is 30.1 Å². The second-order valence-corrected chi connectivity index (χ2v) is 9.05. The molecule has 0 radical (unpaired) electrons. The van der Waals surface area contributed by atoms with Crippen molar-refractivity contribution in [1.82, 2.24) is 4.98 Å². The van der Waals surface area contributed by atoms with Crippen LogP contribution >= 0.6 is 12.6 Å². The van der Waals surface area contributed by atoms with Crippen LogP contribution in [0.4, 0.5) is 11.5 Å². The van der Waals surface area contributed by atoms with E-state index >= 15 is 0 Å². The van der Waals surface area contributed by atoms with E-state index in [4.69, 9.17) is 4.74 Å². The van der Waals surface area contributed by atoms with Crippen LogP contribution in [-0.2, 0) is 22.4 Å². The highest BCUT2D eigenvalue weighted by atomic mass is 32.1. The van der Waals surface area contributed by atoms with Gasteiger partial charge in [0, 0.05) is 34.9 Å². The lowest BCUT2D eigenvalue weighted by molar-refractivity contribution is -0.118. The molecule has 0 spiro atoms. The first-order valence-corrected chi connectivity index (χ1v) is 11.2. The number of thiol groups is 1. The molecule has 1 aliphatic heterocycles. The van der Waals surface area contributed by atoms with Crippen molar-refractivity contribution in [3.8, 4) is 11.5 Å². The van der Waals surface area contributed by atoms with E-state index in [1.165, 1.54) is 11.1 Å². The highest BCUT2D eigenvalue weighted by Gasteiger charge is 2.59. The fourth-order valence-electron chi connectivity index (χ4n) is 5.07. The maximum Gasteiger partial charge on any atom is 0.228 e. The van der Waals surface area contributed by atoms with Crippen LogP contribution in [0.1, 0.15) is 29.0 Å². The Morgan fingerprint density at radius 2 is 2.03 bits per heavy atom. The van der Waals surface area contributed by atoms with Gasteiger partial charge >= 0.3 is 0 Å². The number of rotatable bonds is 4. The number of carbonyl (C=O) groups is 2. The highest BCUT2D eigenvalue weighted by molar-refractivity contribution is 7.80. The minimum atomic E-state index is -0.0238. The molecular weight excluding hydrogens is 422 g/mol. The number of nitrogens with zero attached hydrogens (tertiary/aromatic N) is 1. The standard InChI is InChI=1S/C25H21N3O3S/c29-21-8-7-15-19(9-10-26-24(15)28-21)31-14-6-5-13-11-17-22(16(13)12-14)23(17)25(30)27-18-3-1-2-4-20(18)32/h1-6,9-10,12,17,22-23,32H,7-8,11H2,(H,27,30)(H,26,28,29). The molecule has 3 unspecified atom stereocenters. The van der Waals surface area contributed by atoms with Crippen LogP contribution in [0.5, 0.6) is 11.5 Å². The fraction of sp³-hybridized carbons (Fsp3) is 0.240. The summed E-state index contributed by atoms with van der Waals surface area (Å²) in [5.41, 5.74) is 4.15. The van der Waals surface area contributed by atoms with Gasteiger partial charge < -0.3 is 15.4 Å². The summed E-state index contributed by atoms with van der Waals surface area (Å²) >= 11 is 4.43. The quantitative estimate of drug-likeness (QED) is 0.516. The molecule has 2 N–H and O–H groups in total. The number of carbonyl (C=O) groups excluding carboxylic acids is 2. The lowest BCUT2D eigenvalue weighted by atomic mass is 10.0. The van der Waals surface area contributed by atoms with Gasteiger partial charge in [0.05, 0.1) is 5.69 Å². The number of fused-ring (bicyclic) bond motifs is 4. The van der Waals surface area contributed by atoms with E-state index in [1.54, 1.807) is 6.20 Å². The zero-order chi connectivity index (χ0) is 21.8. The molecule has 7 heteroatoms. The van der Waals surface area contributed by atoms with E-state index < -0.39 is 0 Å². The predicted octanol–water partition coefficient (Wildman–Crippen LogP) is 4.57. The van der Waals surface area contributed by atoms with Crippen LogP contribution < -0.4 is 15.4 Å². The number of benzene rings is 2. The van der Waals surface area contributed by atoms with Gasteiger partial charge in [-0.1, -0.05) is 18.2 Å². The second kappa shape index (κ2) is 7.38. The molecule has 3 aromatic rings. The molecule has 1 saturated carbocycles. The number of amides is 2. The zero-order valence-corrected chi connectivity index (χ0v) is 18.1. The van der Waals surface area contributed by atoms with Crippen molar-refractivity contribution < 1.29 is 14.3 Å². The molecule has 2 heterocycles. The summed E-state index contributed by atoms with van der Waals surface area (Å²) < 4.78 is 6.21. The van der Waals surface area contributed by atoms with Crippen LogP contribution in [0.25, 0.3) is 0 Å². The average molecular weight is 444 g/mol. The van der Waals surface area contributed by atoms with Gasteiger partial charge in [-0.05, 0) is 60.2 Å². The molecule has 32 heavy (non-hydrogen) atoms. The summed E-state index contributed by atoms with van der Waals surface area (Å²) in [6.45, 7) is 0. The van der Waals surface area contributed by atoms with Crippen molar-refractivity contribution >= 4 is 35.9 Å². The van der Waals surface area contributed by atoms with Gasteiger partial charge in [-0.15, -0.1) is 12.6 Å². The molecule has 3 aliphatic rings. The number of nitrogens with one attached hydrogen (secondary N) is 2. The normalized spacial score (nSPS) is 22.3. The Bertz CT molecular complexity index is 1280. The SMILES string of the molecule is O=C1CCc2c(Oc3ccc4c(c3)C3C(C4)C3C(=O)Nc3ccccc3S)ccnc2N1. The number of hydrogen-bond acceptors (Lipinski definition) is 5. The molecule has 160 valence electrons. The molecular formula is C25H21N3O3S. The Labute approximate surface area is 190 Å². The van der Waals surface area contributed by atoms with Crippen molar-refractivity contribution in [3.63, 3.8) is 0 Å². The fourth-order valence-corrected chi connectivity index (χ4v) is 5.29. The maximum absolute atomic E-state index is 12.9. The summed E-state index contributed by atoms with van der Waals surface area (Å²) in [5, 5.41) is 5.84. The second-order valence-electron chi connectivity index (χ2n) is 8.57. The zero-order valence-electron chi connectivity index (χ0n) is 17.2. The largest absolute Gasteiger partial charge is 0.457 e. The molecule has 0 bridgehead atoms. The Balaban J connectivity index is 1.21. The first-order chi connectivity index (χ1) is 15.6. The number of ether oxygens (including phenoxy) is 1. The average Bonchev–Trinajstić information content (AvgIpc) is 3.38. The summed E-state index contributed by atoms with van der Waals surface area (Å²) in [6, 6.07) is 15.5. The van der Waals surface area contributed by atoms with Gasteiger partial charge in [-0.3, -0.25) is 9.59 Å². The molecule has 1 fully saturated rings. The highest BCUT2D eigenvalue weighted by Crippen LogP contribution is 2.62. The molecule has 1 aromatic heterocycles. The summed E-state index contributed by atoms with van der Waals surface area (Å²) in [7, 11) is 0. The minimum absolute atomic E-state index is 0.0189. The molecule has 0 saturated heterocycles. The predicted molar refractivity (Wildman–Crippen MR) is 123 cm³/mol. The van der Waals surface area contributed by atoms with Crippen LogP contribution in [0.15, 0.2) is 59.6 Å². The van der Waals surface area contributed by atoms with Crippen molar-refractivity contribution in [1.29, 1.82) is 0 Å². The van der Waals surface area contributed by atoms with Crippen molar-refractivity contribution in [2.75, 3.05) is 10.6 Å². The number of hydrogen-bond donors (Lipinski definition) is 3. The third-order valence-corrected chi connectivity index (χ3v) is 7.06. The Morgan fingerprint density at radius 1 is 1.16 bits per heavy atom. The Kier molecular flexibility index (Phi) is 4.47. The number of para-hydroxylation sites is 1. The van der Waals surface area contributed by atoms with Gasteiger partial charge in [0.15, 0.2) is 0 Å². The Morgan fingerprint density at radius 3 is 2.91 bits per heavy atom. The lowest BCUT2D eigenvalue weighted by Gasteiger charge is -2.19. The summed E-state index contributed by atoms with van der Waals surface area (Å²) in [4.78, 5) is 29.6. The van der Waals surface area contributed by atoms with E-state index in [9.17, 15) is 9.59 Å². The van der Waals surface area contributed by atoms with Crippen LogP contribution in [-0.4, -0.2) is 16.8 Å². The molecule has 3 atom stereocenters. The van der Waals surface area contributed by atoms with Crippen LogP contribution in [0.3, 0.4) is 0 Å². The smallest absolute Gasteiger partial charge is 0.228 e. The molecule has 2 aromatic carbocycles. The lowest BCUT2D eigenvalue weighted by Crippen LogP contribution is -2.20. The van der Waals surface area contributed by atoms with Gasteiger partial charge in [-0.2, -0.15) is 0 Å². The van der Waals surface area contributed by atoms with E-state index in [2.05, 4.69) is 40.4 Å². The van der Waals surface area contributed by atoms with Crippen LogP contribution in [0, 0.1) is 11.8 Å². The first kappa shape index (κ1) is 19.4. The third-order valence-electron chi connectivity index (χ3n) is 6.67.